The van der Waals surface area contributed by atoms with Crippen LogP contribution in [0.5, 0.6) is 0 Å². The average Bonchev–Trinajstić information content (AvgIpc) is 2.61. The van der Waals surface area contributed by atoms with Crippen molar-refractivity contribution in [1.29, 1.82) is 5.41 Å². The van der Waals surface area contributed by atoms with Gasteiger partial charge in [-0.25, -0.2) is 0 Å². The second-order valence-electron chi connectivity index (χ2n) is 6.10. The SMILES string of the molecule is C=C(C)S/C(=C(\C)NCC=N)c1ccc2cc3ccccc3cc2c1. The zero-order valence-corrected chi connectivity index (χ0v) is 15.4. The molecule has 0 aromatic heterocycles. The minimum Gasteiger partial charge on any atom is -0.383 e. The van der Waals surface area contributed by atoms with E-state index in [-0.39, 0.29) is 0 Å². The number of benzene rings is 3. The van der Waals surface area contributed by atoms with Crippen molar-refractivity contribution < 1.29 is 0 Å². The van der Waals surface area contributed by atoms with Gasteiger partial charge in [0.2, 0.25) is 0 Å². The van der Waals surface area contributed by atoms with Crippen molar-refractivity contribution >= 4 is 44.4 Å². The molecular weight excluding hydrogens is 324 g/mol. The van der Waals surface area contributed by atoms with Gasteiger partial charge in [-0.3, -0.25) is 0 Å². The Kier molecular flexibility index (Phi) is 5.25. The molecule has 0 spiro atoms. The monoisotopic (exact) mass is 346 g/mol. The summed E-state index contributed by atoms with van der Waals surface area (Å²) >= 11 is 1.67. The molecule has 3 heteroatoms. The average molecular weight is 346 g/mol. The highest BCUT2D eigenvalue weighted by Gasteiger charge is 2.09. The molecule has 2 N–H and O–H groups in total. The van der Waals surface area contributed by atoms with Crippen LogP contribution in [-0.4, -0.2) is 12.8 Å². The van der Waals surface area contributed by atoms with Crippen molar-refractivity contribution in [3.63, 3.8) is 0 Å². The van der Waals surface area contributed by atoms with E-state index in [4.69, 9.17) is 5.41 Å². The fraction of sp³-hybridized carbons (Fsp3) is 0.136. The lowest BCUT2D eigenvalue weighted by Crippen LogP contribution is -2.14. The fourth-order valence-electron chi connectivity index (χ4n) is 2.89. The summed E-state index contributed by atoms with van der Waals surface area (Å²) in [5, 5.41) is 15.5. The predicted molar refractivity (Wildman–Crippen MR) is 113 cm³/mol. The second kappa shape index (κ2) is 7.58. The summed E-state index contributed by atoms with van der Waals surface area (Å²) in [6, 6.07) is 19.5. The Morgan fingerprint density at radius 2 is 1.64 bits per heavy atom. The van der Waals surface area contributed by atoms with Gasteiger partial charge in [0.25, 0.3) is 0 Å². The van der Waals surface area contributed by atoms with Gasteiger partial charge in [-0.15, -0.1) is 0 Å². The third kappa shape index (κ3) is 3.94. The molecule has 126 valence electrons. The zero-order chi connectivity index (χ0) is 17.8. The van der Waals surface area contributed by atoms with Crippen LogP contribution in [0, 0.1) is 5.41 Å². The van der Waals surface area contributed by atoms with Crippen LogP contribution >= 0.6 is 11.8 Å². The quantitative estimate of drug-likeness (QED) is 0.412. The molecule has 25 heavy (non-hydrogen) atoms. The molecular formula is C22H22N2S. The Labute approximate surface area is 153 Å². The summed E-state index contributed by atoms with van der Waals surface area (Å²) in [7, 11) is 0. The van der Waals surface area contributed by atoms with E-state index in [9.17, 15) is 0 Å². The molecule has 0 aliphatic rings. The maximum atomic E-state index is 7.23. The standard InChI is InChI=1S/C22H22N2S/c1-15(2)25-22(16(3)24-11-10-23)20-9-8-19-12-17-6-4-5-7-18(17)13-21(19)14-20/h4-10,12-14,23-24H,1,11H2,2-3H3/b22-16+,23-10?. The molecule has 0 unspecified atom stereocenters. The van der Waals surface area contributed by atoms with E-state index in [0.29, 0.717) is 6.54 Å². The number of hydrogen-bond donors (Lipinski definition) is 2. The van der Waals surface area contributed by atoms with Crippen molar-refractivity contribution in [1.82, 2.24) is 5.32 Å². The van der Waals surface area contributed by atoms with Gasteiger partial charge in [0, 0.05) is 23.4 Å². The van der Waals surface area contributed by atoms with Crippen molar-refractivity contribution in [2.24, 2.45) is 0 Å². The molecule has 0 amide bonds. The summed E-state index contributed by atoms with van der Waals surface area (Å²) in [5.74, 6) is 0. The third-order valence-electron chi connectivity index (χ3n) is 4.05. The molecule has 0 atom stereocenters. The van der Waals surface area contributed by atoms with Crippen molar-refractivity contribution in [2.45, 2.75) is 13.8 Å². The molecule has 0 radical (unpaired) electrons. The minimum absolute atomic E-state index is 0.532. The van der Waals surface area contributed by atoms with Crippen LogP contribution in [0.25, 0.3) is 26.5 Å². The second-order valence-corrected chi connectivity index (χ2v) is 7.41. The number of fused-ring (bicyclic) bond motifs is 2. The Balaban J connectivity index is 2.12. The van der Waals surface area contributed by atoms with Crippen LogP contribution in [0.15, 0.2) is 71.8 Å². The van der Waals surface area contributed by atoms with E-state index in [1.165, 1.54) is 33.3 Å². The molecule has 0 bridgehead atoms. The minimum atomic E-state index is 0.532. The highest BCUT2D eigenvalue weighted by Crippen LogP contribution is 2.36. The van der Waals surface area contributed by atoms with Crippen LogP contribution in [0.4, 0.5) is 0 Å². The van der Waals surface area contributed by atoms with Gasteiger partial charge in [0.05, 0.1) is 0 Å². The van der Waals surface area contributed by atoms with E-state index >= 15 is 0 Å². The largest absolute Gasteiger partial charge is 0.383 e. The maximum Gasteiger partial charge on any atom is 0.0494 e. The summed E-state index contributed by atoms with van der Waals surface area (Å²) in [5.41, 5.74) is 2.24. The first kappa shape index (κ1) is 17.3. The lowest BCUT2D eigenvalue weighted by atomic mass is 10.0. The summed E-state index contributed by atoms with van der Waals surface area (Å²) < 4.78 is 0. The van der Waals surface area contributed by atoms with Gasteiger partial charge in [-0.05, 0) is 64.1 Å². The van der Waals surface area contributed by atoms with Gasteiger partial charge in [-0.1, -0.05) is 54.7 Å². The summed E-state index contributed by atoms with van der Waals surface area (Å²) in [6.45, 7) is 8.65. The van der Waals surface area contributed by atoms with Crippen LogP contribution in [0.3, 0.4) is 0 Å². The number of thioether (sulfide) groups is 1. The number of hydrogen-bond acceptors (Lipinski definition) is 3. The lowest BCUT2D eigenvalue weighted by Gasteiger charge is -2.14. The molecule has 3 aromatic carbocycles. The first-order chi connectivity index (χ1) is 12.1. The highest BCUT2D eigenvalue weighted by atomic mass is 32.2. The topological polar surface area (TPSA) is 35.9 Å². The Morgan fingerprint density at radius 3 is 2.28 bits per heavy atom. The van der Waals surface area contributed by atoms with Gasteiger partial charge >= 0.3 is 0 Å². The summed E-state index contributed by atoms with van der Waals surface area (Å²) in [6.07, 6.45) is 1.37. The Hall–Kier alpha value is -2.52. The maximum absolute atomic E-state index is 7.23. The van der Waals surface area contributed by atoms with Gasteiger partial charge in [0.15, 0.2) is 0 Å². The number of nitrogens with one attached hydrogen (secondary N) is 2. The highest BCUT2D eigenvalue weighted by molar-refractivity contribution is 8.11. The summed E-state index contributed by atoms with van der Waals surface area (Å²) in [4.78, 5) is 2.20. The van der Waals surface area contributed by atoms with E-state index in [0.717, 1.165) is 15.5 Å². The van der Waals surface area contributed by atoms with Crippen LogP contribution in [0.2, 0.25) is 0 Å². The van der Waals surface area contributed by atoms with E-state index in [1.807, 2.05) is 6.92 Å². The van der Waals surface area contributed by atoms with E-state index in [2.05, 4.69) is 73.4 Å². The zero-order valence-electron chi connectivity index (χ0n) is 14.6. The van der Waals surface area contributed by atoms with Crippen LogP contribution in [-0.2, 0) is 0 Å². The first-order valence-corrected chi connectivity index (χ1v) is 9.10. The van der Waals surface area contributed by atoms with Crippen LogP contribution in [0.1, 0.15) is 19.4 Å². The van der Waals surface area contributed by atoms with Gasteiger partial charge < -0.3 is 10.7 Å². The van der Waals surface area contributed by atoms with Gasteiger partial charge in [0.1, 0.15) is 0 Å². The van der Waals surface area contributed by atoms with E-state index < -0.39 is 0 Å². The fourth-order valence-corrected chi connectivity index (χ4v) is 3.71. The first-order valence-electron chi connectivity index (χ1n) is 8.28. The van der Waals surface area contributed by atoms with Crippen molar-refractivity contribution in [3.05, 3.63) is 77.3 Å². The molecule has 0 heterocycles. The third-order valence-corrected chi connectivity index (χ3v) is 5.15. The van der Waals surface area contributed by atoms with Crippen LogP contribution < -0.4 is 5.32 Å². The lowest BCUT2D eigenvalue weighted by molar-refractivity contribution is 0.943. The number of allylic oxidation sites excluding steroid dienone is 2. The molecule has 3 aromatic rings. The Bertz CT molecular complexity index is 986. The molecule has 0 fully saturated rings. The van der Waals surface area contributed by atoms with Crippen molar-refractivity contribution in [2.75, 3.05) is 6.54 Å². The molecule has 0 aliphatic carbocycles. The number of rotatable bonds is 6. The molecule has 0 saturated heterocycles. The van der Waals surface area contributed by atoms with Crippen molar-refractivity contribution in [3.8, 4) is 0 Å². The van der Waals surface area contributed by atoms with E-state index in [1.54, 1.807) is 11.8 Å². The van der Waals surface area contributed by atoms with Gasteiger partial charge in [-0.2, -0.15) is 0 Å². The molecule has 0 saturated carbocycles. The molecule has 3 rings (SSSR count). The predicted octanol–water partition coefficient (Wildman–Crippen LogP) is 6.19. The molecule has 2 nitrogen and oxygen atoms in total. The molecule has 0 aliphatic heterocycles. The normalized spacial score (nSPS) is 12.1. The Morgan fingerprint density at radius 1 is 1.00 bits per heavy atom. The smallest absolute Gasteiger partial charge is 0.0494 e.